The molecule has 3 rings (SSSR count). The fourth-order valence-electron chi connectivity index (χ4n) is 3.12. The molecule has 0 unspecified atom stereocenters. The maximum Gasteiger partial charge on any atom is 0.0859 e. The van der Waals surface area contributed by atoms with Gasteiger partial charge in [0.1, 0.15) is 0 Å². The molecule has 2 aliphatic rings. The summed E-state index contributed by atoms with van der Waals surface area (Å²) < 4.78 is 1.96. The first-order chi connectivity index (χ1) is 6.77. The third-order valence-corrected chi connectivity index (χ3v) is 4.21. The predicted octanol–water partition coefficient (Wildman–Crippen LogP) is 1.58. The van der Waals surface area contributed by atoms with Crippen LogP contribution in [0.2, 0.25) is 0 Å². The molecule has 0 aliphatic heterocycles. The van der Waals surface area contributed by atoms with Gasteiger partial charge in [-0.25, -0.2) is 0 Å². The van der Waals surface area contributed by atoms with E-state index in [1.807, 2.05) is 11.7 Å². The number of fused-ring (bicyclic) bond motifs is 2. The minimum Gasteiger partial charge on any atom is -0.252 e. The molecular weight excluding hydrogens is 174 g/mol. The van der Waals surface area contributed by atoms with Crippen molar-refractivity contribution in [1.82, 2.24) is 15.0 Å². The lowest BCUT2D eigenvalue weighted by Gasteiger charge is -2.07. The van der Waals surface area contributed by atoms with Crippen molar-refractivity contribution in [2.24, 2.45) is 24.8 Å². The lowest BCUT2D eigenvalue weighted by molar-refractivity contribution is 0.566. The van der Waals surface area contributed by atoms with Crippen LogP contribution in [0.1, 0.15) is 31.2 Å². The molecule has 1 aromatic rings. The quantitative estimate of drug-likeness (QED) is 0.623. The van der Waals surface area contributed by atoms with Gasteiger partial charge in [-0.2, -0.15) is 0 Å². The van der Waals surface area contributed by atoms with Crippen LogP contribution in [0.3, 0.4) is 0 Å². The average molecular weight is 191 g/mol. The fraction of sp³-hybridized carbons (Fsp3) is 0.818. The number of rotatable bonds is 0. The van der Waals surface area contributed by atoms with Crippen LogP contribution < -0.4 is 0 Å². The van der Waals surface area contributed by atoms with Gasteiger partial charge < -0.3 is 0 Å². The molecule has 3 atom stereocenters. The Morgan fingerprint density at radius 2 is 1.93 bits per heavy atom. The molecule has 3 nitrogen and oxygen atoms in total. The van der Waals surface area contributed by atoms with Gasteiger partial charge in [-0.1, -0.05) is 12.1 Å². The number of nitrogens with zero attached hydrogens (tertiary/aromatic N) is 3. The highest BCUT2D eigenvalue weighted by atomic mass is 15.4. The highest BCUT2D eigenvalue weighted by Crippen LogP contribution is 2.52. The van der Waals surface area contributed by atoms with E-state index < -0.39 is 0 Å². The van der Waals surface area contributed by atoms with Gasteiger partial charge in [-0.15, -0.1) is 5.10 Å². The molecule has 1 fully saturated rings. The Hall–Kier alpha value is -0.860. The van der Waals surface area contributed by atoms with Crippen molar-refractivity contribution in [3.8, 4) is 0 Å². The second kappa shape index (κ2) is 2.81. The topological polar surface area (TPSA) is 30.7 Å². The maximum absolute atomic E-state index is 4.25. The van der Waals surface area contributed by atoms with Crippen LogP contribution >= 0.6 is 0 Å². The summed E-state index contributed by atoms with van der Waals surface area (Å²) >= 11 is 0. The van der Waals surface area contributed by atoms with Gasteiger partial charge in [0.25, 0.3) is 0 Å². The van der Waals surface area contributed by atoms with Crippen LogP contribution in [0, 0.1) is 17.8 Å². The van der Waals surface area contributed by atoms with Gasteiger partial charge in [0.05, 0.1) is 11.4 Å². The first-order valence-electron chi connectivity index (χ1n) is 5.65. The second-order valence-corrected chi connectivity index (χ2v) is 4.87. The van der Waals surface area contributed by atoms with Crippen molar-refractivity contribution in [1.29, 1.82) is 0 Å². The largest absolute Gasteiger partial charge is 0.252 e. The number of aromatic nitrogens is 3. The highest BCUT2D eigenvalue weighted by molar-refractivity contribution is 5.14. The summed E-state index contributed by atoms with van der Waals surface area (Å²) in [5.41, 5.74) is 2.63. The van der Waals surface area contributed by atoms with Crippen molar-refractivity contribution in [3.05, 3.63) is 11.4 Å². The fourth-order valence-corrected chi connectivity index (χ4v) is 3.12. The van der Waals surface area contributed by atoms with Gasteiger partial charge in [0, 0.05) is 7.05 Å². The molecule has 0 bridgehead atoms. The van der Waals surface area contributed by atoms with Crippen LogP contribution in [0.4, 0.5) is 0 Å². The molecular formula is C11H17N3. The summed E-state index contributed by atoms with van der Waals surface area (Å²) in [4.78, 5) is 0. The number of hydrogen-bond acceptors (Lipinski definition) is 2. The minimum absolute atomic E-state index is 0.970. The zero-order chi connectivity index (χ0) is 9.71. The Morgan fingerprint density at radius 1 is 1.21 bits per heavy atom. The van der Waals surface area contributed by atoms with E-state index in [1.165, 1.54) is 30.7 Å². The Kier molecular flexibility index (Phi) is 1.70. The van der Waals surface area contributed by atoms with E-state index in [2.05, 4.69) is 17.2 Å². The molecule has 0 N–H and O–H groups in total. The molecule has 76 valence electrons. The van der Waals surface area contributed by atoms with Crippen molar-refractivity contribution in [2.45, 2.75) is 32.6 Å². The minimum atomic E-state index is 0.970. The molecule has 14 heavy (non-hydrogen) atoms. The van der Waals surface area contributed by atoms with Gasteiger partial charge >= 0.3 is 0 Å². The Morgan fingerprint density at radius 3 is 2.71 bits per heavy atom. The normalized spacial score (nSPS) is 35.4. The Labute approximate surface area is 84.5 Å². The standard InChI is InChI=1S/C11H17N3/c1-7-8-3-5-10-11(6-4-9(7)8)14(2)13-12-10/h7-9H,3-6H2,1-2H3/t7-,8+,9-/m0/s1. The lowest BCUT2D eigenvalue weighted by atomic mass is 10.0. The van der Waals surface area contributed by atoms with Crippen LogP contribution in [-0.2, 0) is 19.9 Å². The van der Waals surface area contributed by atoms with E-state index in [-0.39, 0.29) is 0 Å². The van der Waals surface area contributed by atoms with Gasteiger partial charge in [-0.3, -0.25) is 4.68 Å². The van der Waals surface area contributed by atoms with Gasteiger partial charge in [0.15, 0.2) is 0 Å². The molecule has 0 radical (unpaired) electrons. The molecule has 1 aromatic heterocycles. The van der Waals surface area contributed by atoms with E-state index in [1.54, 1.807) is 0 Å². The molecule has 3 heteroatoms. The van der Waals surface area contributed by atoms with E-state index in [0.717, 1.165) is 24.2 Å². The third-order valence-electron chi connectivity index (χ3n) is 4.21. The molecule has 0 amide bonds. The van der Waals surface area contributed by atoms with Gasteiger partial charge in [0.2, 0.25) is 0 Å². The van der Waals surface area contributed by atoms with Crippen LogP contribution in [-0.4, -0.2) is 15.0 Å². The van der Waals surface area contributed by atoms with E-state index in [9.17, 15) is 0 Å². The summed E-state index contributed by atoms with van der Waals surface area (Å²) in [6.07, 6.45) is 5.01. The third kappa shape index (κ3) is 1.11. The molecule has 1 saturated carbocycles. The lowest BCUT2D eigenvalue weighted by Crippen LogP contribution is -2.04. The highest BCUT2D eigenvalue weighted by Gasteiger charge is 2.46. The SMILES string of the molecule is C[C@H]1[C@H]2CCc3nnn(C)c3CC[C@@H]12. The van der Waals surface area contributed by atoms with Crippen molar-refractivity contribution in [2.75, 3.05) is 0 Å². The maximum atomic E-state index is 4.25. The van der Waals surface area contributed by atoms with Gasteiger partial charge in [-0.05, 0) is 43.4 Å². The summed E-state index contributed by atoms with van der Waals surface area (Å²) in [6.45, 7) is 2.40. The van der Waals surface area contributed by atoms with E-state index >= 15 is 0 Å². The smallest absolute Gasteiger partial charge is 0.0859 e. The summed E-state index contributed by atoms with van der Waals surface area (Å²) in [5, 5.41) is 8.36. The van der Waals surface area contributed by atoms with E-state index in [4.69, 9.17) is 0 Å². The first-order valence-corrected chi connectivity index (χ1v) is 5.65. The molecule has 2 aliphatic carbocycles. The van der Waals surface area contributed by atoms with Crippen LogP contribution in [0.5, 0.6) is 0 Å². The number of aryl methyl sites for hydroxylation is 2. The predicted molar refractivity (Wildman–Crippen MR) is 53.8 cm³/mol. The zero-order valence-corrected chi connectivity index (χ0v) is 8.90. The van der Waals surface area contributed by atoms with Crippen molar-refractivity contribution < 1.29 is 0 Å². The Balaban J connectivity index is 1.87. The van der Waals surface area contributed by atoms with Crippen LogP contribution in [0.25, 0.3) is 0 Å². The average Bonchev–Trinajstić information content (AvgIpc) is 2.58. The molecule has 0 saturated heterocycles. The Bertz CT molecular complexity index is 355. The summed E-state index contributed by atoms with van der Waals surface area (Å²) in [5.74, 6) is 2.96. The molecule has 1 heterocycles. The molecule has 0 aromatic carbocycles. The summed E-state index contributed by atoms with van der Waals surface area (Å²) in [6, 6.07) is 0. The van der Waals surface area contributed by atoms with E-state index in [0.29, 0.717) is 0 Å². The summed E-state index contributed by atoms with van der Waals surface area (Å²) in [7, 11) is 2.02. The van der Waals surface area contributed by atoms with Crippen LogP contribution in [0.15, 0.2) is 0 Å². The number of hydrogen-bond donors (Lipinski definition) is 0. The molecule has 0 spiro atoms. The van der Waals surface area contributed by atoms with Crippen molar-refractivity contribution in [3.63, 3.8) is 0 Å². The monoisotopic (exact) mass is 191 g/mol. The second-order valence-electron chi connectivity index (χ2n) is 4.87. The zero-order valence-electron chi connectivity index (χ0n) is 8.90. The first kappa shape index (κ1) is 8.45. The van der Waals surface area contributed by atoms with Crippen molar-refractivity contribution >= 4 is 0 Å².